The molecular weight excluding hydrogens is 274 g/mol. The van der Waals surface area contributed by atoms with E-state index in [1.54, 1.807) is 4.72 Å². The lowest BCUT2D eigenvalue weighted by Gasteiger charge is -2.16. The van der Waals surface area contributed by atoms with Crippen LogP contribution in [0.25, 0.3) is 0 Å². The van der Waals surface area contributed by atoms with Crippen LogP contribution in [0.1, 0.15) is 12.8 Å². The van der Waals surface area contributed by atoms with Crippen LogP contribution < -0.4 is 4.72 Å². The summed E-state index contributed by atoms with van der Waals surface area (Å²) in [6.45, 7) is 0.643. The van der Waals surface area contributed by atoms with Gasteiger partial charge >= 0.3 is 6.18 Å². The van der Waals surface area contributed by atoms with E-state index in [0.717, 1.165) is 25.2 Å². The summed E-state index contributed by atoms with van der Waals surface area (Å²) in [4.78, 5) is 0. The van der Waals surface area contributed by atoms with Crippen molar-refractivity contribution in [2.24, 2.45) is 0 Å². The third-order valence-corrected chi connectivity index (χ3v) is 8.76. The molecule has 0 aromatic rings. The first kappa shape index (κ1) is 15.2. The van der Waals surface area contributed by atoms with Crippen LogP contribution in [0, 0.1) is 0 Å². The summed E-state index contributed by atoms with van der Waals surface area (Å²) in [7, 11) is -4.96. The van der Waals surface area contributed by atoms with Gasteiger partial charge in [-0.05, 0) is 12.8 Å². The van der Waals surface area contributed by atoms with Crippen molar-refractivity contribution in [3.05, 3.63) is 0 Å². The Kier molecular flexibility index (Phi) is 4.83. The molecule has 0 amide bonds. The first-order valence-electron chi connectivity index (χ1n) is 5.50. The number of halogens is 3. The van der Waals surface area contributed by atoms with E-state index in [9.17, 15) is 21.6 Å². The van der Waals surface area contributed by atoms with Crippen molar-refractivity contribution in [1.29, 1.82) is 0 Å². The molecule has 0 spiro atoms. The standard InChI is InChI=1S/C9H18F3NO2PS/c1-16(4-2-3-5-16)6-7-17(14,15)13-8-9(10,11)12/h13H,2-8H2,1H3/q+1. The van der Waals surface area contributed by atoms with E-state index >= 15 is 0 Å². The minimum Gasteiger partial charge on any atom is -0.212 e. The van der Waals surface area contributed by atoms with Crippen LogP contribution >= 0.6 is 7.26 Å². The van der Waals surface area contributed by atoms with Gasteiger partial charge in [-0.3, -0.25) is 0 Å². The quantitative estimate of drug-likeness (QED) is 0.787. The average Bonchev–Trinajstić information content (AvgIpc) is 2.60. The fourth-order valence-electron chi connectivity index (χ4n) is 1.93. The summed E-state index contributed by atoms with van der Waals surface area (Å²) in [5.74, 6) is -0.173. The number of rotatable bonds is 5. The van der Waals surface area contributed by atoms with Crippen molar-refractivity contribution in [2.75, 3.05) is 37.4 Å². The van der Waals surface area contributed by atoms with Gasteiger partial charge in [0.15, 0.2) is 0 Å². The minimum atomic E-state index is -4.49. The average molecular weight is 292 g/mol. The smallest absolute Gasteiger partial charge is 0.212 e. The number of hydrogen-bond acceptors (Lipinski definition) is 2. The van der Waals surface area contributed by atoms with Gasteiger partial charge in [-0.2, -0.15) is 13.2 Å². The van der Waals surface area contributed by atoms with Gasteiger partial charge in [-0.15, -0.1) is 0 Å². The van der Waals surface area contributed by atoms with E-state index in [2.05, 4.69) is 6.66 Å². The highest BCUT2D eigenvalue weighted by molar-refractivity contribution is 7.90. The molecule has 3 nitrogen and oxygen atoms in total. The van der Waals surface area contributed by atoms with Gasteiger partial charge in [0.25, 0.3) is 0 Å². The first-order chi connectivity index (χ1) is 7.62. The molecule has 0 bridgehead atoms. The zero-order chi connectivity index (χ0) is 13.2. The highest BCUT2D eigenvalue weighted by Gasteiger charge is 2.37. The normalized spacial score (nSPS) is 20.7. The van der Waals surface area contributed by atoms with E-state index in [0.29, 0.717) is 6.16 Å². The van der Waals surface area contributed by atoms with Gasteiger partial charge in [0.1, 0.15) is 6.54 Å². The van der Waals surface area contributed by atoms with E-state index in [1.807, 2.05) is 0 Å². The maximum Gasteiger partial charge on any atom is 0.402 e. The maximum absolute atomic E-state index is 11.9. The Bertz CT molecular complexity index is 350. The summed E-state index contributed by atoms with van der Waals surface area (Å²) in [5, 5.41) is 0. The van der Waals surface area contributed by atoms with Crippen molar-refractivity contribution in [3.63, 3.8) is 0 Å². The lowest BCUT2D eigenvalue weighted by Crippen LogP contribution is -2.36. The zero-order valence-electron chi connectivity index (χ0n) is 9.76. The van der Waals surface area contributed by atoms with Crippen molar-refractivity contribution in [3.8, 4) is 0 Å². The number of hydrogen-bond donors (Lipinski definition) is 1. The molecule has 0 unspecified atom stereocenters. The summed E-state index contributed by atoms with van der Waals surface area (Å²) in [5.41, 5.74) is 0. The fraction of sp³-hybridized carbons (Fsp3) is 1.00. The number of sulfonamides is 1. The van der Waals surface area contributed by atoms with Crippen LogP contribution in [0.5, 0.6) is 0 Å². The molecule has 1 aliphatic heterocycles. The van der Waals surface area contributed by atoms with E-state index in [1.165, 1.54) is 0 Å². The highest BCUT2D eigenvalue weighted by atomic mass is 32.2. The van der Waals surface area contributed by atoms with Crippen molar-refractivity contribution >= 4 is 17.3 Å². The zero-order valence-corrected chi connectivity index (χ0v) is 11.5. The van der Waals surface area contributed by atoms with Gasteiger partial charge in [-0.25, -0.2) is 13.1 Å². The fourth-order valence-corrected chi connectivity index (χ4v) is 7.82. The van der Waals surface area contributed by atoms with Crippen molar-refractivity contribution in [1.82, 2.24) is 4.72 Å². The summed E-state index contributed by atoms with van der Waals surface area (Å²) < 4.78 is 60.0. The van der Waals surface area contributed by atoms with Crippen LogP contribution in [0.4, 0.5) is 13.2 Å². The Morgan fingerprint density at radius 1 is 1.24 bits per heavy atom. The lowest BCUT2D eigenvalue weighted by molar-refractivity contribution is -0.121. The maximum atomic E-state index is 11.9. The van der Waals surface area contributed by atoms with Crippen LogP contribution in [0.15, 0.2) is 0 Å². The Morgan fingerprint density at radius 2 is 1.76 bits per heavy atom. The van der Waals surface area contributed by atoms with Crippen molar-refractivity contribution in [2.45, 2.75) is 19.0 Å². The third-order valence-electron chi connectivity index (χ3n) is 3.04. The Labute approximate surface area is 101 Å². The molecule has 1 saturated heterocycles. The van der Waals surface area contributed by atoms with Gasteiger partial charge < -0.3 is 0 Å². The van der Waals surface area contributed by atoms with Gasteiger partial charge in [0, 0.05) is 13.9 Å². The predicted octanol–water partition coefficient (Wildman–Crippen LogP) is 1.91. The minimum absolute atomic E-state index is 0.173. The Morgan fingerprint density at radius 3 is 2.24 bits per heavy atom. The molecule has 17 heavy (non-hydrogen) atoms. The molecule has 0 saturated carbocycles. The SMILES string of the molecule is C[P+]1(CCS(=O)(=O)NCC(F)(F)F)CCCC1. The molecule has 0 aromatic heterocycles. The molecule has 1 N–H and O–H groups in total. The van der Waals surface area contributed by atoms with Gasteiger partial charge in [-0.1, -0.05) is 0 Å². The van der Waals surface area contributed by atoms with Gasteiger partial charge in [0.05, 0.1) is 24.2 Å². The molecule has 8 heteroatoms. The number of nitrogens with one attached hydrogen (secondary N) is 1. The molecule has 1 fully saturated rings. The van der Waals surface area contributed by atoms with E-state index < -0.39 is 30.0 Å². The largest absolute Gasteiger partial charge is 0.402 e. The second kappa shape index (κ2) is 5.41. The monoisotopic (exact) mass is 292 g/mol. The lowest BCUT2D eigenvalue weighted by atomic mass is 10.4. The highest BCUT2D eigenvalue weighted by Crippen LogP contribution is 2.60. The molecule has 1 aliphatic rings. The summed E-state index contributed by atoms with van der Waals surface area (Å²) in [6.07, 6.45) is 0.448. The molecular formula is C9H18F3NO2PS+. The summed E-state index contributed by atoms with van der Waals surface area (Å²) in [6, 6.07) is 0. The van der Waals surface area contributed by atoms with Crippen molar-refractivity contribution < 1.29 is 21.6 Å². The first-order valence-corrected chi connectivity index (χ1v) is 9.94. The molecule has 102 valence electrons. The Hall–Kier alpha value is 0.130. The molecule has 1 rings (SSSR count). The van der Waals surface area contributed by atoms with Crippen LogP contribution in [-0.4, -0.2) is 52.0 Å². The van der Waals surface area contributed by atoms with Gasteiger partial charge in [0.2, 0.25) is 10.0 Å². The molecule has 0 aromatic carbocycles. The predicted molar refractivity (Wildman–Crippen MR) is 64.5 cm³/mol. The second-order valence-electron chi connectivity index (χ2n) is 4.75. The van der Waals surface area contributed by atoms with Crippen LogP contribution in [0.2, 0.25) is 0 Å². The van der Waals surface area contributed by atoms with Crippen LogP contribution in [0.3, 0.4) is 0 Å². The van der Waals surface area contributed by atoms with Crippen LogP contribution in [-0.2, 0) is 10.0 Å². The molecule has 0 aliphatic carbocycles. The molecule has 0 radical (unpaired) electrons. The van der Waals surface area contributed by atoms with E-state index in [4.69, 9.17) is 0 Å². The second-order valence-corrected chi connectivity index (χ2v) is 11.3. The topological polar surface area (TPSA) is 46.2 Å². The Balaban J connectivity index is 2.39. The number of alkyl halides is 3. The summed E-state index contributed by atoms with van der Waals surface area (Å²) >= 11 is 0. The molecule has 0 atom stereocenters. The van der Waals surface area contributed by atoms with E-state index in [-0.39, 0.29) is 5.75 Å². The third kappa shape index (κ3) is 6.02. The molecule has 1 heterocycles.